The number of benzene rings is 12. The molecule has 0 radical (unpaired) electrons. The quantitative estimate of drug-likeness (QED) is 0.113. The molecule has 4 heteroatoms. The third-order valence-corrected chi connectivity index (χ3v) is 20.3. The molecule has 2 heterocycles. The van der Waals surface area contributed by atoms with Crippen LogP contribution in [0, 0.1) is 0 Å². The molecular weight excluding hydrogens is 1060 g/mol. The fourth-order valence-corrected chi connectivity index (χ4v) is 16.0. The molecule has 14 aromatic rings. The van der Waals surface area contributed by atoms with Gasteiger partial charge in [-0.2, -0.15) is 0 Å². The van der Waals surface area contributed by atoms with Gasteiger partial charge >= 0.3 is 0 Å². The second-order valence-electron chi connectivity index (χ2n) is 26.8. The summed E-state index contributed by atoms with van der Waals surface area (Å²) in [6.45, 7) is 18.8. The van der Waals surface area contributed by atoms with Crippen molar-refractivity contribution in [1.29, 1.82) is 0 Å². The van der Waals surface area contributed by atoms with E-state index in [0.717, 1.165) is 25.7 Å². The molecule has 2 aliphatic carbocycles. The lowest BCUT2D eigenvalue weighted by Gasteiger charge is -2.34. The van der Waals surface area contributed by atoms with Gasteiger partial charge in [-0.1, -0.05) is 189 Å². The number of aryl methyl sites for hydroxylation is 2. The predicted molar refractivity (Wildman–Crippen MR) is 378 cm³/mol. The van der Waals surface area contributed by atoms with E-state index in [0.29, 0.717) is 11.8 Å². The van der Waals surface area contributed by atoms with Gasteiger partial charge in [-0.3, -0.25) is 0 Å². The third-order valence-electron chi connectivity index (χ3n) is 20.3. The molecule has 0 unspecified atom stereocenters. The van der Waals surface area contributed by atoms with Crippen LogP contribution in [0.25, 0.3) is 87.3 Å². The van der Waals surface area contributed by atoms with Gasteiger partial charge in [-0.25, -0.2) is 0 Å². The van der Waals surface area contributed by atoms with E-state index in [1.165, 1.54) is 192 Å². The first-order valence-corrected chi connectivity index (χ1v) is 32.9. The minimum absolute atomic E-state index is 0.238. The number of para-hydroxylation sites is 4. The third kappa shape index (κ3) is 8.45. The van der Waals surface area contributed by atoms with Crippen LogP contribution in [0.2, 0.25) is 0 Å². The van der Waals surface area contributed by atoms with Crippen LogP contribution < -0.4 is 9.80 Å². The number of anilines is 6. The fourth-order valence-electron chi connectivity index (χ4n) is 16.0. The molecule has 0 fully saturated rings. The van der Waals surface area contributed by atoms with E-state index in [-0.39, 0.29) is 11.8 Å². The number of aromatic nitrogens is 2. The molecule has 88 heavy (non-hydrogen) atoms. The summed E-state index contributed by atoms with van der Waals surface area (Å²) in [6.07, 6.45) is 9.09. The summed E-state index contributed by atoms with van der Waals surface area (Å²) in [5.74, 6) is 1.35. The van der Waals surface area contributed by atoms with Crippen LogP contribution in [0.4, 0.5) is 34.1 Å². The molecule has 0 aliphatic heterocycles. The summed E-state index contributed by atoms with van der Waals surface area (Å²) in [4.78, 5) is 5.45. The van der Waals surface area contributed by atoms with Crippen LogP contribution >= 0.6 is 0 Å². The number of fused-ring (bicyclic) bond motifs is 8. The lowest BCUT2D eigenvalue weighted by atomic mass is 9.83. The SMILES string of the molecule is CC(C)c1ccc(-n2c3ccccc3c3cccc(N(c4cccc5c4CCCC5)c4cc(C(C)C)c5ccc6c(N(c7cccc8c7CCCC8)c7cccc8c9ccccc9n(-c9ccc(C(C)C)cc9)c78)cc(C(C)C)c7ccc4c5c76)c32)cc1. The number of nitrogens with zero attached hydrogens (tertiary/aromatic N) is 4. The molecular formula is C84H78N4. The van der Waals surface area contributed by atoms with E-state index in [1.807, 2.05) is 0 Å². The van der Waals surface area contributed by atoms with E-state index in [2.05, 4.69) is 281 Å². The standard InChI is InChI=1S/C84H78N4/c1-51(2)55-37-41-59(42-38-55)85-75-31-15-13-27-63(75)67-29-19-35-77(83(67)85)87(73-33-17-23-57-21-9-11-25-61(57)73)79-49-71(53(5)6)65-46-48-70-80(50-72(54(7)8)66-45-47-69(79)81(65)82(66)70)88(74-34-18-24-58-22-10-12-26-62(58)74)78-36-20-30-68-64-28-14-16-32-76(64)86(84(68)78)60-43-39-56(40-44-60)52(3)4/h13-20,23-24,27-54H,9-12,21-22,25-26H2,1-8H3. The van der Waals surface area contributed by atoms with Crippen molar-refractivity contribution in [2.75, 3.05) is 9.80 Å². The maximum absolute atomic E-state index is 2.72. The van der Waals surface area contributed by atoms with Crippen molar-refractivity contribution < 1.29 is 0 Å². The fraction of sp³-hybridized carbons (Fsp3) is 0.238. The Morgan fingerprint density at radius 1 is 0.295 bits per heavy atom. The molecule has 2 aromatic heterocycles. The molecule has 4 nitrogen and oxygen atoms in total. The van der Waals surface area contributed by atoms with Gasteiger partial charge in [0.1, 0.15) is 0 Å². The average Bonchev–Trinajstić information content (AvgIpc) is 0.937. The summed E-state index contributed by atoms with van der Waals surface area (Å²) < 4.78 is 5.12. The van der Waals surface area contributed by atoms with Crippen molar-refractivity contribution in [2.24, 2.45) is 0 Å². The Balaban J connectivity index is 1.03. The normalized spacial score (nSPS) is 13.7. The highest BCUT2D eigenvalue weighted by Gasteiger charge is 2.32. The average molecular weight is 1140 g/mol. The van der Waals surface area contributed by atoms with Gasteiger partial charge in [-0.15, -0.1) is 0 Å². The minimum Gasteiger partial charge on any atom is -0.307 e. The highest BCUT2D eigenvalue weighted by atomic mass is 15.2. The summed E-state index contributed by atoms with van der Waals surface area (Å²) in [5.41, 5.74) is 26.0. The molecule has 434 valence electrons. The van der Waals surface area contributed by atoms with Crippen LogP contribution in [-0.2, 0) is 25.7 Å². The van der Waals surface area contributed by atoms with Gasteiger partial charge in [0.15, 0.2) is 0 Å². The molecule has 16 rings (SSSR count). The van der Waals surface area contributed by atoms with E-state index in [1.54, 1.807) is 0 Å². The second-order valence-corrected chi connectivity index (χ2v) is 26.8. The number of hydrogen-bond acceptors (Lipinski definition) is 2. The monoisotopic (exact) mass is 1140 g/mol. The number of rotatable bonds is 12. The molecule has 0 bridgehead atoms. The zero-order valence-electron chi connectivity index (χ0n) is 52.4. The van der Waals surface area contributed by atoms with Crippen LogP contribution in [0.5, 0.6) is 0 Å². The highest BCUT2D eigenvalue weighted by molar-refractivity contribution is 6.30. The van der Waals surface area contributed by atoms with Crippen molar-refractivity contribution >= 4 is 110 Å². The largest absolute Gasteiger partial charge is 0.307 e. The van der Waals surface area contributed by atoms with Gasteiger partial charge in [0.25, 0.3) is 0 Å². The Kier molecular flexibility index (Phi) is 13.2. The molecule has 0 amide bonds. The molecule has 0 saturated carbocycles. The van der Waals surface area contributed by atoms with Gasteiger partial charge in [0, 0.05) is 55.1 Å². The molecule has 2 aliphatic rings. The van der Waals surface area contributed by atoms with Crippen molar-refractivity contribution in [3.63, 3.8) is 0 Å². The summed E-state index contributed by atoms with van der Waals surface area (Å²) in [5, 5.41) is 13.0. The Morgan fingerprint density at radius 3 is 1.07 bits per heavy atom. The minimum atomic E-state index is 0.238. The predicted octanol–water partition coefficient (Wildman–Crippen LogP) is 24.0. The highest BCUT2D eigenvalue weighted by Crippen LogP contribution is 2.55. The van der Waals surface area contributed by atoms with Gasteiger partial charge in [-0.05, 0) is 214 Å². The summed E-state index contributed by atoms with van der Waals surface area (Å²) in [6, 6.07) is 80.6. The van der Waals surface area contributed by atoms with Gasteiger partial charge < -0.3 is 18.9 Å². The second kappa shape index (κ2) is 21.3. The van der Waals surface area contributed by atoms with Gasteiger partial charge in [0.05, 0.1) is 44.8 Å². The molecule has 0 spiro atoms. The van der Waals surface area contributed by atoms with Crippen molar-refractivity contribution in [1.82, 2.24) is 9.13 Å². The van der Waals surface area contributed by atoms with E-state index < -0.39 is 0 Å². The van der Waals surface area contributed by atoms with Crippen molar-refractivity contribution in [2.45, 2.75) is 130 Å². The summed E-state index contributed by atoms with van der Waals surface area (Å²) in [7, 11) is 0. The zero-order chi connectivity index (χ0) is 59.6. The zero-order valence-corrected chi connectivity index (χ0v) is 52.4. The first-order chi connectivity index (χ1) is 43.0. The topological polar surface area (TPSA) is 16.3 Å². The summed E-state index contributed by atoms with van der Waals surface area (Å²) >= 11 is 0. The first kappa shape index (κ1) is 54.3. The lowest BCUT2D eigenvalue weighted by Crippen LogP contribution is -2.18. The van der Waals surface area contributed by atoms with Crippen LogP contribution in [-0.4, -0.2) is 9.13 Å². The molecule has 12 aromatic carbocycles. The Labute approximate surface area is 518 Å². The maximum Gasteiger partial charge on any atom is 0.0782 e. The van der Waals surface area contributed by atoms with Crippen LogP contribution in [0.15, 0.2) is 206 Å². The van der Waals surface area contributed by atoms with E-state index >= 15 is 0 Å². The maximum atomic E-state index is 2.72. The van der Waals surface area contributed by atoms with Crippen molar-refractivity contribution in [3.8, 4) is 11.4 Å². The van der Waals surface area contributed by atoms with Crippen LogP contribution in [0.1, 0.15) is 149 Å². The lowest BCUT2D eigenvalue weighted by molar-refractivity contribution is 0.686. The Bertz CT molecular complexity index is 4730. The molecule has 0 saturated heterocycles. The molecule has 0 atom stereocenters. The molecule has 0 N–H and O–H groups in total. The Morgan fingerprint density at radius 2 is 0.659 bits per heavy atom. The van der Waals surface area contributed by atoms with Crippen molar-refractivity contribution in [3.05, 3.63) is 251 Å². The van der Waals surface area contributed by atoms with E-state index in [9.17, 15) is 0 Å². The Hall–Kier alpha value is -9.12. The first-order valence-electron chi connectivity index (χ1n) is 32.9. The van der Waals surface area contributed by atoms with Gasteiger partial charge in [0.2, 0.25) is 0 Å². The van der Waals surface area contributed by atoms with E-state index in [4.69, 9.17) is 0 Å². The smallest absolute Gasteiger partial charge is 0.0782 e. The number of hydrogen-bond donors (Lipinski definition) is 0. The van der Waals surface area contributed by atoms with Crippen LogP contribution in [0.3, 0.4) is 0 Å².